The highest BCUT2D eigenvalue weighted by molar-refractivity contribution is 6.10. The fourth-order valence-corrected chi connectivity index (χ4v) is 6.49. The summed E-state index contributed by atoms with van der Waals surface area (Å²) in [5.74, 6) is 0.607. The highest BCUT2D eigenvalue weighted by Gasteiger charge is 2.21. The summed E-state index contributed by atoms with van der Waals surface area (Å²) in [6.07, 6.45) is 0. The highest BCUT2D eigenvalue weighted by atomic mass is 16.3. The maximum atomic E-state index is 6.56. The zero-order valence-electron chi connectivity index (χ0n) is 25.4. The van der Waals surface area contributed by atoms with Gasteiger partial charge in [-0.1, -0.05) is 115 Å². The Morgan fingerprint density at radius 3 is 1.77 bits per heavy atom. The molecule has 4 nitrogen and oxygen atoms in total. The Bertz CT molecular complexity index is 2500. The number of furan rings is 1. The Morgan fingerprint density at radius 1 is 0.404 bits per heavy atom. The molecule has 0 aliphatic carbocycles. The van der Waals surface area contributed by atoms with Gasteiger partial charge in [0.2, 0.25) is 5.89 Å². The van der Waals surface area contributed by atoms with Crippen molar-refractivity contribution >= 4 is 50.1 Å². The summed E-state index contributed by atoms with van der Waals surface area (Å²) in [5, 5.41) is 2.20. The van der Waals surface area contributed by atoms with Gasteiger partial charge in [-0.05, 0) is 65.7 Å². The Balaban J connectivity index is 1.19. The molecular weight excluding hydrogens is 576 g/mol. The third kappa shape index (κ3) is 4.66. The molecule has 7 aromatic carbocycles. The number of aromatic nitrogens is 1. The van der Waals surface area contributed by atoms with E-state index in [0.717, 1.165) is 77.9 Å². The molecule has 0 aliphatic rings. The number of oxazole rings is 1. The van der Waals surface area contributed by atoms with Crippen molar-refractivity contribution in [1.82, 2.24) is 4.98 Å². The van der Waals surface area contributed by atoms with Crippen molar-refractivity contribution in [1.29, 1.82) is 0 Å². The van der Waals surface area contributed by atoms with E-state index in [0.29, 0.717) is 5.89 Å². The number of fused-ring (bicyclic) bond motifs is 4. The summed E-state index contributed by atoms with van der Waals surface area (Å²) in [6, 6.07) is 58.3. The van der Waals surface area contributed by atoms with Gasteiger partial charge in [0.25, 0.3) is 0 Å². The molecular formula is C43H28N2O2. The van der Waals surface area contributed by atoms with Crippen LogP contribution in [0.4, 0.5) is 17.1 Å². The molecule has 0 radical (unpaired) electrons. The monoisotopic (exact) mass is 604 g/mol. The van der Waals surface area contributed by atoms with Crippen molar-refractivity contribution < 1.29 is 8.83 Å². The summed E-state index contributed by atoms with van der Waals surface area (Å²) >= 11 is 0. The van der Waals surface area contributed by atoms with Crippen molar-refractivity contribution in [3.63, 3.8) is 0 Å². The lowest BCUT2D eigenvalue weighted by Gasteiger charge is -2.25. The highest BCUT2D eigenvalue weighted by Crippen LogP contribution is 2.43. The van der Waals surface area contributed by atoms with E-state index in [1.807, 2.05) is 54.6 Å². The number of hydrogen-bond donors (Lipinski definition) is 0. The van der Waals surface area contributed by atoms with Crippen molar-refractivity contribution in [2.24, 2.45) is 0 Å². The van der Waals surface area contributed by atoms with Gasteiger partial charge in [0, 0.05) is 38.8 Å². The zero-order chi connectivity index (χ0) is 31.2. The van der Waals surface area contributed by atoms with Crippen molar-refractivity contribution in [2.45, 2.75) is 0 Å². The topological polar surface area (TPSA) is 42.4 Å². The van der Waals surface area contributed by atoms with Gasteiger partial charge in [-0.25, -0.2) is 4.98 Å². The van der Waals surface area contributed by atoms with Crippen LogP contribution in [0.15, 0.2) is 179 Å². The van der Waals surface area contributed by atoms with Gasteiger partial charge in [-0.15, -0.1) is 0 Å². The summed E-state index contributed by atoms with van der Waals surface area (Å²) in [7, 11) is 0. The van der Waals surface area contributed by atoms with Gasteiger partial charge in [-0.3, -0.25) is 0 Å². The summed E-state index contributed by atoms with van der Waals surface area (Å²) < 4.78 is 13.0. The molecule has 0 amide bonds. The van der Waals surface area contributed by atoms with Crippen molar-refractivity contribution in [2.75, 3.05) is 4.90 Å². The van der Waals surface area contributed by atoms with Crippen molar-refractivity contribution in [3.05, 3.63) is 170 Å². The molecule has 0 saturated carbocycles. The number of rotatable bonds is 6. The molecule has 47 heavy (non-hydrogen) atoms. The van der Waals surface area contributed by atoms with Crippen LogP contribution >= 0.6 is 0 Å². The average molecular weight is 605 g/mol. The van der Waals surface area contributed by atoms with Crippen LogP contribution in [-0.2, 0) is 0 Å². The van der Waals surface area contributed by atoms with E-state index in [-0.39, 0.29) is 0 Å². The molecule has 0 fully saturated rings. The molecule has 0 N–H and O–H groups in total. The first-order valence-corrected chi connectivity index (χ1v) is 15.7. The molecule has 222 valence electrons. The molecule has 0 bridgehead atoms. The largest absolute Gasteiger partial charge is 0.454 e. The van der Waals surface area contributed by atoms with Crippen LogP contribution in [0.5, 0.6) is 0 Å². The third-order valence-corrected chi connectivity index (χ3v) is 8.72. The fourth-order valence-electron chi connectivity index (χ4n) is 6.49. The molecule has 9 aromatic rings. The van der Waals surface area contributed by atoms with Gasteiger partial charge in [-0.2, -0.15) is 0 Å². The predicted molar refractivity (Wildman–Crippen MR) is 192 cm³/mol. The molecule has 0 unspecified atom stereocenters. The molecule has 0 spiro atoms. The minimum atomic E-state index is 0.607. The summed E-state index contributed by atoms with van der Waals surface area (Å²) in [4.78, 5) is 7.29. The van der Waals surface area contributed by atoms with Crippen LogP contribution in [0.3, 0.4) is 0 Å². The Kier molecular flexibility index (Phi) is 6.43. The van der Waals surface area contributed by atoms with Gasteiger partial charge in [0.05, 0.1) is 5.69 Å². The van der Waals surface area contributed by atoms with Gasteiger partial charge in [0.1, 0.15) is 11.1 Å². The lowest BCUT2D eigenvalue weighted by Crippen LogP contribution is -2.10. The van der Waals surface area contributed by atoms with Gasteiger partial charge < -0.3 is 13.7 Å². The maximum Gasteiger partial charge on any atom is 0.227 e. The van der Waals surface area contributed by atoms with E-state index >= 15 is 0 Å². The molecule has 2 aromatic heterocycles. The SMILES string of the molecule is c1ccc(-c2nc3c(-c4ccccc4)ccc(-c4ccc(N(c5ccccc5)c5cccc6c5oc5ccccc56)cc4)c3o2)cc1. The first-order chi connectivity index (χ1) is 23.3. The number of anilines is 3. The van der Waals surface area contributed by atoms with E-state index in [1.54, 1.807) is 0 Å². The van der Waals surface area contributed by atoms with E-state index in [4.69, 9.17) is 13.8 Å². The Hall–Kier alpha value is -6.39. The number of para-hydroxylation sites is 3. The zero-order valence-corrected chi connectivity index (χ0v) is 25.4. The molecule has 2 heterocycles. The molecule has 0 atom stereocenters. The minimum Gasteiger partial charge on any atom is -0.454 e. The second kappa shape index (κ2) is 11.2. The second-order valence-corrected chi connectivity index (χ2v) is 11.6. The number of benzene rings is 7. The lowest BCUT2D eigenvalue weighted by atomic mass is 9.98. The smallest absolute Gasteiger partial charge is 0.227 e. The summed E-state index contributed by atoms with van der Waals surface area (Å²) in [5.41, 5.74) is 11.5. The normalized spacial score (nSPS) is 11.4. The number of nitrogens with zero attached hydrogens (tertiary/aromatic N) is 2. The standard InChI is InChI=1S/C43H28N2O2/c1-4-13-29(14-5-1)34-27-28-35(42-40(34)44-43(47-42)31-15-6-2-7-16-31)30-23-25-33(26-24-30)45(32-17-8-3-9-18-32)38-21-12-20-37-36-19-10-11-22-39(36)46-41(37)38/h1-28H. The van der Waals surface area contributed by atoms with Crippen LogP contribution in [0.1, 0.15) is 0 Å². The molecule has 0 saturated heterocycles. The van der Waals surface area contributed by atoms with Gasteiger partial charge >= 0.3 is 0 Å². The molecule has 0 aliphatic heterocycles. The van der Waals surface area contributed by atoms with Crippen molar-refractivity contribution in [3.8, 4) is 33.7 Å². The Labute approximate surface area is 271 Å². The Morgan fingerprint density at radius 2 is 1.00 bits per heavy atom. The lowest BCUT2D eigenvalue weighted by molar-refractivity contribution is 0.621. The van der Waals surface area contributed by atoms with E-state index in [9.17, 15) is 0 Å². The molecule has 9 rings (SSSR count). The predicted octanol–water partition coefficient (Wildman–Crippen LogP) is 12.2. The first-order valence-electron chi connectivity index (χ1n) is 15.7. The van der Waals surface area contributed by atoms with Crippen LogP contribution in [0, 0.1) is 0 Å². The van der Waals surface area contributed by atoms with Crippen LogP contribution in [0.2, 0.25) is 0 Å². The quantitative estimate of drug-likeness (QED) is 0.189. The molecule has 4 heteroatoms. The van der Waals surface area contributed by atoms with E-state index in [2.05, 4.69) is 120 Å². The van der Waals surface area contributed by atoms with Crippen LogP contribution in [0.25, 0.3) is 66.7 Å². The fraction of sp³-hybridized carbons (Fsp3) is 0. The maximum absolute atomic E-state index is 6.56. The minimum absolute atomic E-state index is 0.607. The number of hydrogen-bond acceptors (Lipinski definition) is 4. The van der Waals surface area contributed by atoms with Crippen LogP contribution < -0.4 is 4.90 Å². The summed E-state index contributed by atoms with van der Waals surface area (Å²) in [6.45, 7) is 0. The second-order valence-electron chi connectivity index (χ2n) is 11.6. The van der Waals surface area contributed by atoms with E-state index in [1.165, 1.54) is 0 Å². The third-order valence-electron chi connectivity index (χ3n) is 8.72. The first kappa shape index (κ1) is 27.0. The van der Waals surface area contributed by atoms with E-state index < -0.39 is 0 Å². The van der Waals surface area contributed by atoms with Crippen LogP contribution in [-0.4, -0.2) is 4.98 Å². The van der Waals surface area contributed by atoms with Gasteiger partial charge in [0.15, 0.2) is 11.2 Å². The average Bonchev–Trinajstić information content (AvgIpc) is 3.76.